The lowest BCUT2D eigenvalue weighted by atomic mass is 10.1. The molecule has 0 amide bonds. The number of benzene rings is 1. The van der Waals surface area contributed by atoms with E-state index in [-0.39, 0.29) is 0 Å². The van der Waals surface area contributed by atoms with Crippen molar-refractivity contribution < 1.29 is 9.53 Å². The highest BCUT2D eigenvalue weighted by Gasteiger charge is 2.14. The van der Waals surface area contributed by atoms with Gasteiger partial charge in [-0.1, -0.05) is 27.5 Å². The number of carbonyl (C=O) groups excluding carboxylic acids is 1. The number of rotatable bonds is 4. The maximum absolute atomic E-state index is 10.5. The molecule has 1 rings (SSSR count). The number of halogens is 3. The van der Waals surface area contributed by atoms with Gasteiger partial charge >= 0.3 is 0 Å². The van der Waals surface area contributed by atoms with Crippen LogP contribution in [-0.2, 0) is 16.5 Å². The highest BCUT2D eigenvalue weighted by molar-refractivity contribution is 9.11. The van der Waals surface area contributed by atoms with Crippen molar-refractivity contribution in [3.63, 3.8) is 0 Å². The fraction of sp³-hybridized carbons (Fsp3) is 0.300. The van der Waals surface area contributed by atoms with Crippen LogP contribution in [0.2, 0.25) is 5.02 Å². The summed E-state index contributed by atoms with van der Waals surface area (Å²) in [6, 6.07) is 1.76. The highest BCUT2D eigenvalue weighted by atomic mass is 79.9. The van der Waals surface area contributed by atoms with Crippen molar-refractivity contribution in [3.05, 3.63) is 26.7 Å². The molecule has 0 saturated heterocycles. The van der Waals surface area contributed by atoms with Gasteiger partial charge < -0.3 is 9.53 Å². The molecule has 0 unspecified atom stereocenters. The minimum Gasteiger partial charge on any atom is -0.495 e. The molecule has 0 aliphatic carbocycles. The Morgan fingerprint density at radius 1 is 1.60 bits per heavy atom. The zero-order valence-electron chi connectivity index (χ0n) is 8.02. The molecule has 0 aromatic heterocycles. The van der Waals surface area contributed by atoms with E-state index in [0.717, 1.165) is 21.9 Å². The van der Waals surface area contributed by atoms with E-state index in [1.807, 2.05) is 0 Å². The molecule has 2 nitrogen and oxygen atoms in total. The second-order valence-electron chi connectivity index (χ2n) is 2.85. The van der Waals surface area contributed by atoms with Crippen LogP contribution in [0.3, 0.4) is 0 Å². The predicted molar refractivity (Wildman–Crippen MR) is 68.1 cm³/mol. The smallest absolute Gasteiger partial charge is 0.137 e. The van der Waals surface area contributed by atoms with Gasteiger partial charge in [0.25, 0.3) is 0 Å². The first-order valence-electron chi connectivity index (χ1n) is 4.19. The summed E-state index contributed by atoms with van der Waals surface area (Å²) in [5.74, 6) is 0.668. The Labute approximate surface area is 110 Å². The Bertz CT molecular complexity index is 380. The third-order valence-electron chi connectivity index (χ3n) is 1.99. The summed E-state index contributed by atoms with van der Waals surface area (Å²) in [4.78, 5) is 10.5. The maximum atomic E-state index is 10.5. The average molecular weight is 356 g/mol. The fourth-order valence-corrected chi connectivity index (χ4v) is 3.57. The summed E-state index contributed by atoms with van der Waals surface area (Å²) < 4.78 is 6.04. The van der Waals surface area contributed by atoms with E-state index in [1.54, 1.807) is 13.2 Å². The van der Waals surface area contributed by atoms with Crippen molar-refractivity contribution in [2.75, 3.05) is 7.11 Å². The fourth-order valence-electron chi connectivity index (χ4n) is 1.27. The summed E-state index contributed by atoms with van der Waals surface area (Å²) in [6.07, 6.45) is 1.12. The van der Waals surface area contributed by atoms with Crippen molar-refractivity contribution in [1.82, 2.24) is 0 Å². The Morgan fingerprint density at radius 2 is 2.27 bits per heavy atom. The van der Waals surface area contributed by atoms with E-state index in [4.69, 9.17) is 16.3 Å². The van der Waals surface area contributed by atoms with Crippen LogP contribution in [0.15, 0.2) is 10.5 Å². The SMILES string of the molecule is COc1c(CC=O)cc(Cl)c(CBr)c1Br. The van der Waals surface area contributed by atoms with Crippen LogP contribution in [0.1, 0.15) is 11.1 Å². The molecule has 0 bridgehead atoms. The van der Waals surface area contributed by atoms with Crippen molar-refractivity contribution in [1.29, 1.82) is 0 Å². The quantitative estimate of drug-likeness (QED) is 0.607. The first-order valence-corrected chi connectivity index (χ1v) is 6.48. The molecule has 0 aliphatic heterocycles. The van der Waals surface area contributed by atoms with Crippen LogP contribution in [0.25, 0.3) is 0 Å². The Hall–Kier alpha value is -0.0600. The highest BCUT2D eigenvalue weighted by Crippen LogP contribution is 2.38. The lowest BCUT2D eigenvalue weighted by Crippen LogP contribution is -1.97. The van der Waals surface area contributed by atoms with E-state index in [9.17, 15) is 4.79 Å². The molecule has 82 valence electrons. The minimum absolute atomic E-state index is 0.296. The van der Waals surface area contributed by atoms with E-state index in [0.29, 0.717) is 22.5 Å². The van der Waals surface area contributed by atoms with Gasteiger partial charge in [0.1, 0.15) is 12.0 Å². The Kier molecular flexibility index (Phi) is 5.09. The third kappa shape index (κ3) is 2.74. The summed E-state index contributed by atoms with van der Waals surface area (Å²) >= 11 is 12.8. The molecule has 0 saturated carbocycles. The molecule has 0 atom stereocenters. The molecule has 1 aromatic rings. The summed E-state index contributed by atoms with van der Waals surface area (Å²) in [7, 11) is 1.57. The van der Waals surface area contributed by atoms with E-state index in [2.05, 4.69) is 31.9 Å². The molecule has 0 radical (unpaired) electrons. The Balaban J connectivity index is 3.36. The van der Waals surface area contributed by atoms with Gasteiger partial charge in [-0.15, -0.1) is 0 Å². The molecule has 0 aliphatic rings. The van der Waals surface area contributed by atoms with Crippen LogP contribution >= 0.6 is 43.5 Å². The number of carbonyl (C=O) groups is 1. The second-order valence-corrected chi connectivity index (χ2v) is 4.61. The lowest BCUT2D eigenvalue weighted by Gasteiger charge is -2.13. The average Bonchev–Trinajstić information content (AvgIpc) is 2.19. The number of hydrogen-bond donors (Lipinski definition) is 0. The first-order chi connectivity index (χ1) is 7.15. The van der Waals surface area contributed by atoms with Crippen LogP contribution in [0.4, 0.5) is 0 Å². The molecular weight excluding hydrogens is 347 g/mol. The number of hydrogen-bond acceptors (Lipinski definition) is 2. The van der Waals surface area contributed by atoms with Gasteiger partial charge in [0.2, 0.25) is 0 Å². The zero-order chi connectivity index (χ0) is 11.4. The van der Waals surface area contributed by atoms with Crippen molar-refractivity contribution >= 4 is 49.7 Å². The van der Waals surface area contributed by atoms with Gasteiger partial charge in [-0.2, -0.15) is 0 Å². The monoisotopic (exact) mass is 354 g/mol. The van der Waals surface area contributed by atoms with Crippen LogP contribution in [-0.4, -0.2) is 13.4 Å². The molecule has 1 aromatic carbocycles. The number of alkyl halides is 1. The van der Waals surface area contributed by atoms with Crippen molar-refractivity contribution in [2.45, 2.75) is 11.8 Å². The predicted octanol–water partition coefficient (Wildman–Crippen LogP) is 3.75. The van der Waals surface area contributed by atoms with Crippen LogP contribution in [0.5, 0.6) is 5.75 Å². The van der Waals surface area contributed by atoms with Crippen LogP contribution in [0, 0.1) is 0 Å². The number of aldehydes is 1. The minimum atomic E-state index is 0.296. The van der Waals surface area contributed by atoms with Gasteiger partial charge in [0.15, 0.2) is 0 Å². The van der Waals surface area contributed by atoms with Gasteiger partial charge in [-0.3, -0.25) is 0 Å². The van der Waals surface area contributed by atoms with Crippen molar-refractivity contribution in [2.24, 2.45) is 0 Å². The normalized spacial score (nSPS) is 10.1. The lowest BCUT2D eigenvalue weighted by molar-refractivity contribution is -0.107. The maximum Gasteiger partial charge on any atom is 0.137 e. The summed E-state index contributed by atoms with van der Waals surface area (Å²) in [5, 5.41) is 1.25. The topological polar surface area (TPSA) is 26.3 Å². The zero-order valence-corrected chi connectivity index (χ0v) is 11.9. The molecule has 15 heavy (non-hydrogen) atoms. The van der Waals surface area contributed by atoms with Gasteiger partial charge in [-0.25, -0.2) is 0 Å². The van der Waals surface area contributed by atoms with Gasteiger partial charge in [0, 0.05) is 22.3 Å². The Morgan fingerprint density at radius 3 is 2.73 bits per heavy atom. The molecular formula is C10H9Br2ClO2. The standard InChI is InChI=1S/C10H9Br2ClO2/c1-15-10-6(2-3-14)4-8(13)7(5-11)9(10)12/h3-4H,2,5H2,1H3. The largest absolute Gasteiger partial charge is 0.495 e. The first kappa shape index (κ1) is 13.0. The van der Waals surface area contributed by atoms with Gasteiger partial charge in [0.05, 0.1) is 11.6 Å². The van der Waals surface area contributed by atoms with E-state index >= 15 is 0 Å². The molecule has 0 spiro atoms. The van der Waals surface area contributed by atoms with Gasteiger partial charge in [-0.05, 0) is 27.6 Å². The molecule has 0 N–H and O–H groups in total. The molecule has 0 heterocycles. The number of methoxy groups -OCH3 is 1. The van der Waals surface area contributed by atoms with Crippen LogP contribution < -0.4 is 4.74 Å². The van der Waals surface area contributed by atoms with E-state index in [1.165, 1.54) is 0 Å². The summed E-state index contributed by atoms with van der Waals surface area (Å²) in [6.45, 7) is 0. The summed E-state index contributed by atoms with van der Waals surface area (Å²) in [5.41, 5.74) is 1.71. The van der Waals surface area contributed by atoms with E-state index < -0.39 is 0 Å². The number of ether oxygens (including phenoxy) is 1. The second kappa shape index (κ2) is 5.87. The molecule has 5 heteroatoms. The molecule has 0 fully saturated rings. The third-order valence-corrected chi connectivity index (χ3v) is 3.72. The van der Waals surface area contributed by atoms with Crippen molar-refractivity contribution in [3.8, 4) is 5.75 Å².